The summed E-state index contributed by atoms with van der Waals surface area (Å²) in [6.07, 6.45) is 3.32. The number of carbonyl (C=O) groups is 1. The third kappa shape index (κ3) is 7.13. The van der Waals surface area contributed by atoms with E-state index in [0.717, 1.165) is 6.54 Å². The van der Waals surface area contributed by atoms with E-state index in [1.165, 1.54) is 19.3 Å². The van der Waals surface area contributed by atoms with Gasteiger partial charge in [-0.25, -0.2) is 4.79 Å². The minimum absolute atomic E-state index is 0.297. The fourth-order valence-electron chi connectivity index (χ4n) is 2.52. The molecule has 1 aliphatic rings. The normalized spacial score (nSPS) is 23.7. The van der Waals surface area contributed by atoms with E-state index in [-0.39, 0.29) is 6.09 Å². The quantitative estimate of drug-likeness (QED) is 0.832. The Morgan fingerprint density at radius 2 is 1.80 bits per heavy atom. The van der Waals surface area contributed by atoms with E-state index in [1.54, 1.807) is 0 Å². The van der Waals surface area contributed by atoms with E-state index in [4.69, 9.17) is 4.74 Å². The standard InChI is InChI=1S/C16H32N2O2/c1-15(2,3)11-18-13-9-7-8-12(13)10-17-14(19)20-16(4,5)6/h12-13,18H,7-11H2,1-6H3,(H,17,19). The maximum absolute atomic E-state index is 11.7. The molecule has 1 amide bonds. The van der Waals surface area contributed by atoms with Crippen molar-refractivity contribution in [1.29, 1.82) is 0 Å². The summed E-state index contributed by atoms with van der Waals surface area (Å²) in [5.41, 5.74) is -0.130. The van der Waals surface area contributed by atoms with Gasteiger partial charge in [-0.1, -0.05) is 27.2 Å². The van der Waals surface area contributed by atoms with Gasteiger partial charge in [-0.2, -0.15) is 0 Å². The Bertz CT molecular complexity index is 315. The molecule has 4 nitrogen and oxygen atoms in total. The van der Waals surface area contributed by atoms with Gasteiger partial charge in [0.05, 0.1) is 0 Å². The summed E-state index contributed by atoms with van der Waals surface area (Å²) < 4.78 is 5.28. The SMILES string of the molecule is CC(C)(C)CNC1CCCC1CNC(=O)OC(C)(C)C. The first-order valence-electron chi connectivity index (χ1n) is 7.77. The van der Waals surface area contributed by atoms with Crippen LogP contribution in [0.1, 0.15) is 60.8 Å². The highest BCUT2D eigenvalue weighted by Gasteiger charge is 2.28. The molecule has 20 heavy (non-hydrogen) atoms. The fraction of sp³-hybridized carbons (Fsp3) is 0.938. The van der Waals surface area contributed by atoms with Gasteiger partial charge in [-0.3, -0.25) is 0 Å². The Labute approximate surface area is 124 Å². The number of ether oxygens (including phenoxy) is 1. The Morgan fingerprint density at radius 3 is 2.35 bits per heavy atom. The average molecular weight is 284 g/mol. The van der Waals surface area contributed by atoms with Crippen molar-refractivity contribution in [2.75, 3.05) is 13.1 Å². The van der Waals surface area contributed by atoms with Crippen molar-refractivity contribution in [2.24, 2.45) is 11.3 Å². The van der Waals surface area contributed by atoms with Crippen LogP contribution in [0.2, 0.25) is 0 Å². The summed E-state index contributed by atoms with van der Waals surface area (Å²) in [4.78, 5) is 11.7. The van der Waals surface area contributed by atoms with Crippen molar-refractivity contribution >= 4 is 6.09 Å². The number of alkyl carbamates (subject to hydrolysis) is 1. The van der Waals surface area contributed by atoms with Crippen LogP contribution in [0.3, 0.4) is 0 Å². The molecule has 2 unspecified atom stereocenters. The Morgan fingerprint density at radius 1 is 1.15 bits per heavy atom. The van der Waals surface area contributed by atoms with Gasteiger partial charge in [-0.05, 0) is 44.9 Å². The van der Waals surface area contributed by atoms with Crippen LogP contribution in [-0.2, 0) is 4.74 Å². The number of hydrogen-bond acceptors (Lipinski definition) is 3. The number of hydrogen-bond donors (Lipinski definition) is 2. The molecule has 4 heteroatoms. The van der Waals surface area contributed by atoms with Gasteiger partial charge in [0.15, 0.2) is 0 Å². The second-order valence-corrected chi connectivity index (χ2v) is 8.12. The highest BCUT2D eigenvalue weighted by atomic mass is 16.6. The summed E-state index contributed by atoms with van der Waals surface area (Å²) in [5.74, 6) is 0.518. The molecule has 0 bridgehead atoms. The average Bonchev–Trinajstić information content (AvgIpc) is 2.67. The van der Waals surface area contributed by atoms with E-state index in [2.05, 4.69) is 31.4 Å². The molecule has 0 aromatic rings. The van der Waals surface area contributed by atoms with Crippen molar-refractivity contribution in [3.63, 3.8) is 0 Å². The fourth-order valence-corrected chi connectivity index (χ4v) is 2.52. The first kappa shape index (κ1) is 17.3. The van der Waals surface area contributed by atoms with Gasteiger partial charge in [0.25, 0.3) is 0 Å². The van der Waals surface area contributed by atoms with E-state index in [9.17, 15) is 4.79 Å². The molecule has 0 saturated heterocycles. The Hall–Kier alpha value is -0.770. The van der Waals surface area contributed by atoms with Crippen LogP contribution in [0.4, 0.5) is 4.79 Å². The lowest BCUT2D eigenvalue weighted by Gasteiger charge is -2.27. The van der Waals surface area contributed by atoms with Crippen molar-refractivity contribution in [2.45, 2.75) is 72.4 Å². The molecule has 1 rings (SSSR count). The lowest BCUT2D eigenvalue weighted by Crippen LogP contribution is -2.43. The van der Waals surface area contributed by atoms with Gasteiger partial charge in [-0.15, -0.1) is 0 Å². The van der Waals surface area contributed by atoms with Crippen molar-refractivity contribution in [1.82, 2.24) is 10.6 Å². The van der Waals surface area contributed by atoms with Crippen LogP contribution in [0, 0.1) is 11.3 Å². The zero-order chi connectivity index (χ0) is 15.4. The van der Waals surface area contributed by atoms with Gasteiger partial charge in [0.1, 0.15) is 5.60 Å². The third-order valence-corrected chi connectivity index (χ3v) is 3.46. The molecule has 0 aromatic heterocycles. The second-order valence-electron chi connectivity index (χ2n) is 8.12. The van der Waals surface area contributed by atoms with Crippen LogP contribution in [0.5, 0.6) is 0 Å². The predicted molar refractivity (Wildman–Crippen MR) is 82.8 cm³/mol. The van der Waals surface area contributed by atoms with Crippen LogP contribution in [0.25, 0.3) is 0 Å². The monoisotopic (exact) mass is 284 g/mol. The first-order chi connectivity index (χ1) is 9.07. The molecule has 0 aliphatic heterocycles. The van der Waals surface area contributed by atoms with Crippen LogP contribution in [0.15, 0.2) is 0 Å². The third-order valence-electron chi connectivity index (χ3n) is 3.46. The molecule has 118 valence electrons. The molecule has 2 N–H and O–H groups in total. The lowest BCUT2D eigenvalue weighted by molar-refractivity contribution is 0.0517. The zero-order valence-electron chi connectivity index (χ0n) is 14.0. The van der Waals surface area contributed by atoms with Crippen LogP contribution >= 0.6 is 0 Å². The van der Waals surface area contributed by atoms with Crippen molar-refractivity contribution < 1.29 is 9.53 Å². The molecule has 1 saturated carbocycles. The summed E-state index contributed by atoms with van der Waals surface area (Å²) >= 11 is 0. The maximum atomic E-state index is 11.7. The lowest BCUT2D eigenvalue weighted by atomic mass is 9.95. The Kier molecular flexibility index (Phi) is 5.87. The summed E-state index contributed by atoms with van der Waals surface area (Å²) in [6.45, 7) is 14.1. The van der Waals surface area contributed by atoms with Gasteiger partial charge in [0.2, 0.25) is 0 Å². The molecular weight excluding hydrogens is 252 g/mol. The van der Waals surface area contributed by atoms with E-state index in [0.29, 0.717) is 23.9 Å². The molecule has 1 fully saturated rings. The van der Waals surface area contributed by atoms with E-state index >= 15 is 0 Å². The zero-order valence-corrected chi connectivity index (χ0v) is 14.0. The molecule has 0 heterocycles. The van der Waals surface area contributed by atoms with Crippen molar-refractivity contribution in [3.8, 4) is 0 Å². The van der Waals surface area contributed by atoms with Gasteiger partial charge >= 0.3 is 6.09 Å². The van der Waals surface area contributed by atoms with Gasteiger partial charge in [0, 0.05) is 19.1 Å². The molecular formula is C16H32N2O2. The van der Waals surface area contributed by atoms with E-state index < -0.39 is 5.60 Å². The van der Waals surface area contributed by atoms with Gasteiger partial charge < -0.3 is 15.4 Å². The molecule has 0 aromatic carbocycles. The highest BCUT2D eigenvalue weighted by molar-refractivity contribution is 5.67. The summed E-state index contributed by atoms with van der Waals surface area (Å²) in [6, 6.07) is 0.518. The molecule has 1 aliphatic carbocycles. The van der Waals surface area contributed by atoms with Crippen LogP contribution < -0.4 is 10.6 Å². The van der Waals surface area contributed by atoms with Crippen molar-refractivity contribution in [3.05, 3.63) is 0 Å². The minimum Gasteiger partial charge on any atom is -0.444 e. The van der Waals surface area contributed by atoms with E-state index in [1.807, 2.05) is 20.8 Å². The van der Waals surface area contributed by atoms with Crippen LogP contribution in [-0.4, -0.2) is 30.8 Å². The number of amides is 1. The second kappa shape index (κ2) is 6.79. The smallest absolute Gasteiger partial charge is 0.407 e. The highest BCUT2D eigenvalue weighted by Crippen LogP contribution is 2.26. The number of nitrogens with one attached hydrogen (secondary N) is 2. The summed E-state index contributed by atoms with van der Waals surface area (Å²) in [7, 11) is 0. The summed E-state index contributed by atoms with van der Waals surface area (Å²) in [5, 5.41) is 6.56. The first-order valence-corrected chi connectivity index (χ1v) is 7.77. The topological polar surface area (TPSA) is 50.4 Å². The maximum Gasteiger partial charge on any atom is 0.407 e. The molecule has 2 atom stereocenters. The predicted octanol–water partition coefficient (Wildman–Crippen LogP) is 3.32. The number of carbonyl (C=O) groups excluding carboxylic acids is 1. The largest absolute Gasteiger partial charge is 0.444 e. The molecule has 0 spiro atoms. The molecule has 0 radical (unpaired) electrons. The number of rotatable bonds is 4. The Balaban J connectivity index is 2.33. The minimum atomic E-state index is -0.427.